The first-order chi connectivity index (χ1) is 6.40. The number of benzene rings is 1. The molecule has 14 heavy (non-hydrogen) atoms. The Morgan fingerprint density at radius 2 is 1.86 bits per heavy atom. The van der Waals surface area contributed by atoms with Crippen LogP contribution in [-0.4, -0.2) is 22.5 Å². The fourth-order valence-electron chi connectivity index (χ4n) is 1.02. The minimum atomic E-state index is -3.96. The first-order valence-corrected chi connectivity index (χ1v) is 5.36. The molecular weight excluding hydrogens is 204 g/mol. The molecule has 1 aromatic carbocycles. The number of hydrogen-bond acceptors (Lipinski definition) is 4. The zero-order valence-corrected chi connectivity index (χ0v) is 8.78. The van der Waals surface area contributed by atoms with Gasteiger partial charge in [0.1, 0.15) is 0 Å². The Kier molecular flexibility index (Phi) is 2.97. The lowest BCUT2D eigenvalue weighted by molar-refractivity contribution is 0.488. The van der Waals surface area contributed by atoms with Crippen molar-refractivity contribution in [2.75, 3.05) is 19.0 Å². The number of hydrogen-bond donors (Lipinski definition) is 1. The number of anilines is 1. The van der Waals surface area contributed by atoms with E-state index in [-0.39, 0.29) is 5.75 Å². The lowest BCUT2D eigenvalue weighted by Crippen LogP contribution is -2.20. The zero-order valence-electron chi connectivity index (χ0n) is 7.97. The van der Waals surface area contributed by atoms with Gasteiger partial charge in [-0.05, 0) is 12.1 Å². The molecule has 0 aliphatic heterocycles. The molecular formula is C8H12N2O3S. The lowest BCUT2D eigenvalue weighted by Gasteiger charge is -2.15. The summed E-state index contributed by atoms with van der Waals surface area (Å²) in [7, 11) is -0.394. The van der Waals surface area contributed by atoms with Gasteiger partial charge in [0.25, 0.3) is 0 Å². The van der Waals surface area contributed by atoms with Crippen molar-refractivity contribution in [2.24, 2.45) is 5.14 Å². The molecule has 5 nitrogen and oxygen atoms in total. The normalized spacial score (nSPS) is 11.1. The van der Waals surface area contributed by atoms with E-state index in [0.29, 0.717) is 5.69 Å². The van der Waals surface area contributed by atoms with Gasteiger partial charge in [-0.1, -0.05) is 12.1 Å². The smallest absolute Gasteiger partial charge is 0.375 e. The molecule has 0 fully saturated rings. The van der Waals surface area contributed by atoms with E-state index in [0.717, 1.165) is 0 Å². The van der Waals surface area contributed by atoms with Crippen LogP contribution in [-0.2, 0) is 10.3 Å². The van der Waals surface area contributed by atoms with Gasteiger partial charge in [-0.2, -0.15) is 13.6 Å². The van der Waals surface area contributed by atoms with E-state index in [2.05, 4.69) is 4.18 Å². The third-order valence-corrected chi connectivity index (χ3v) is 1.96. The van der Waals surface area contributed by atoms with Crippen LogP contribution in [0.25, 0.3) is 0 Å². The van der Waals surface area contributed by atoms with E-state index in [1.807, 2.05) is 0 Å². The molecule has 0 amide bonds. The minimum absolute atomic E-state index is 0.222. The van der Waals surface area contributed by atoms with Gasteiger partial charge in [0, 0.05) is 14.1 Å². The predicted molar refractivity (Wildman–Crippen MR) is 54.5 cm³/mol. The third-order valence-electron chi connectivity index (χ3n) is 1.55. The highest BCUT2D eigenvalue weighted by molar-refractivity contribution is 7.84. The molecule has 0 radical (unpaired) electrons. The molecule has 0 aromatic heterocycles. The SMILES string of the molecule is CN(C)c1ccccc1OS(N)(=O)=O. The maximum Gasteiger partial charge on any atom is 0.380 e. The summed E-state index contributed by atoms with van der Waals surface area (Å²) in [6, 6.07) is 6.74. The van der Waals surface area contributed by atoms with Crippen LogP contribution in [0.1, 0.15) is 0 Å². The Morgan fingerprint density at radius 1 is 1.29 bits per heavy atom. The van der Waals surface area contributed by atoms with Crippen LogP contribution < -0.4 is 14.2 Å². The molecule has 0 bridgehead atoms. The molecule has 0 saturated carbocycles. The zero-order chi connectivity index (χ0) is 10.8. The summed E-state index contributed by atoms with van der Waals surface area (Å²) in [6.45, 7) is 0. The molecule has 2 N–H and O–H groups in total. The summed E-state index contributed by atoms with van der Waals surface area (Å²) in [4.78, 5) is 1.74. The molecule has 0 saturated heterocycles. The summed E-state index contributed by atoms with van der Waals surface area (Å²) in [5.74, 6) is 0.222. The Hall–Kier alpha value is -1.27. The van der Waals surface area contributed by atoms with Crippen molar-refractivity contribution in [3.8, 4) is 5.75 Å². The second-order valence-corrected chi connectivity index (χ2v) is 4.09. The van der Waals surface area contributed by atoms with Crippen molar-refractivity contribution in [2.45, 2.75) is 0 Å². The lowest BCUT2D eigenvalue weighted by atomic mass is 10.3. The van der Waals surface area contributed by atoms with Gasteiger partial charge in [0.15, 0.2) is 5.75 Å². The van der Waals surface area contributed by atoms with Crippen molar-refractivity contribution in [3.63, 3.8) is 0 Å². The first kappa shape index (κ1) is 10.8. The van der Waals surface area contributed by atoms with Gasteiger partial charge in [-0.15, -0.1) is 0 Å². The van der Waals surface area contributed by atoms with E-state index < -0.39 is 10.3 Å². The van der Waals surface area contributed by atoms with Crippen LogP contribution >= 0.6 is 0 Å². The second kappa shape index (κ2) is 3.85. The van der Waals surface area contributed by atoms with E-state index in [1.54, 1.807) is 43.3 Å². The van der Waals surface area contributed by atoms with Crippen LogP contribution in [0.4, 0.5) is 5.69 Å². The summed E-state index contributed by atoms with van der Waals surface area (Å²) < 4.78 is 26.0. The highest BCUT2D eigenvalue weighted by atomic mass is 32.2. The summed E-state index contributed by atoms with van der Waals surface area (Å²) in [5.41, 5.74) is 0.654. The van der Waals surface area contributed by atoms with Crippen LogP contribution in [0.2, 0.25) is 0 Å². The van der Waals surface area contributed by atoms with Gasteiger partial charge in [0.2, 0.25) is 0 Å². The van der Waals surface area contributed by atoms with Gasteiger partial charge < -0.3 is 9.08 Å². The quantitative estimate of drug-likeness (QED) is 0.790. The first-order valence-electron chi connectivity index (χ1n) is 3.89. The molecule has 0 aliphatic carbocycles. The molecule has 0 spiro atoms. The Morgan fingerprint density at radius 3 is 2.36 bits per heavy atom. The molecule has 78 valence electrons. The maximum atomic E-state index is 10.7. The molecule has 0 unspecified atom stereocenters. The number of rotatable bonds is 3. The van der Waals surface area contributed by atoms with E-state index in [1.165, 1.54) is 0 Å². The molecule has 1 aromatic rings. The predicted octanol–water partition coefficient (Wildman–Crippen LogP) is 0.335. The van der Waals surface area contributed by atoms with Crippen molar-refractivity contribution in [1.82, 2.24) is 0 Å². The Bertz CT molecular complexity index is 414. The van der Waals surface area contributed by atoms with Crippen molar-refractivity contribution < 1.29 is 12.6 Å². The third kappa shape index (κ3) is 2.90. The second-order valence-electron chi connectivity index (χ2n) is 2.94. The van der Waals surface area contributed by atoms with Crippen LogP contribution in [0, 0.1) is 0 Å². The summed E-state index contributed by atoms with van der Waals surface area (Å²) in [5, 5.41) is 4.77. The summed E-state index contributed by atoms with van der Waals surface area (Å²) in [6.07, 6.45) is 0. The molecule has 0 heterocycles. The molecule has 0 atom stereocenters. The number of nitrogens with zero attached hydrogens (tertiary/aromatic N) is 1. The standard InChI is InChI=1S/C8H12N2O3S/c1-10(2)7-5-3-4-6-8(7)13-14(9,11)12/h3-6H,1-2H3,(H2,9,11,12). The minimum Gasteiger partial charge on any atom is -0.375 e. The van der Waals surface area contributed by atoms with Gasteiger partial charge in [-0.25, -0.2) is 0 Å². The van der Waals surface area contributed by atoms with Gasteiger partial charge in [-0.3, -0.25) is 0 Å². The maximum absolute atomic E-state index is 10.7. The number of nitrogens with two attached hydrogens (primary N) is 1. The highest BCUT2D eigenvalue weighted by Gasteiger charge is 2.10. The van der Waals surface area contributed by atoms with Gasteiger partial charge in [0.05, 0.1) is 5.69 Å². The van der Waals surface area contributed by atoms with Crippen molar-refractivity contribution in [1.29, 1.82) is 0 Å². The van der Waals surface area contributed by atoms with Gasteiger partial charge >= 0.3 is 10.3 Å². The molecule has 1 rings (SSSR count). The van der Waals surface area contributed by atoms with Crippen molar-refractivity contribution >= 4 is 16.0 Å². The van der Waals surface area contributed by atoms with Crippen LogP contribution in [0.3, 0.4) is 0 Å². The molecule has 0 aliphatic rings. The highest BCUT2D eigenvalue weighted by Crippen LogP contribution is 2.26. The Balaban J connectivity index is 3.08. The van der Waals surface area contributed by atoms with Crippen LogP contribution in [0.5, 0.6) is 5.75 Å². The van der Waals surface area contributed by atoms with Crippen molar-refractivity contribution in [3.05, 3.63) is 24.3 Å². The fourth-order valence-corrected chi connectivity index (χ4v) is 1.41. The number of para-hydroxylation sites is 2. The summed E-state index contributed by atoms with van der Waals surface area (Å²) >= 11 is 0. The van der Waals surface area contributed by atoms with Crippen LogP contribution in [0.15, 0.2) is 24.3 Å². The van der Waals surface area contributed by atoms with E-state index in [9.17, 15) is 8.42 Å². The van der Waals surface area contributed by atoms with E-state index >= 15 is 0 Å². The fraction of sp³-hybridized carbons (Fsp3) is 0.250. The largest absolute Gasteiger partial charge is 0.380 e. The Labute approximate surface area is 83.3 Å². The topological polar surface area (TPSA) is 72.6 Å². The molecule has 6 heteroatoms. The monoisotopic (exact) mass is 216 g/mol. The average molecular weight is 216 g/mol. The average Bonchev–Trinajstić information content (AvgIpc) is 2.01. The van der Waals surface area contributed by atoms with E-state index in [4.69, 9.17) is 5.14 Å².